The van der Waals surface area contributed by atoms with Crippen LogP contribution in [0.1, 0.15) is 23.0 Å². The number of furan rings is 1. The average molecular weight is 554 g/mol. The predicted octanol–water partition coefficient (Wildman–Crippen LogP) is 6.25. The second-order valence-electron chi connectivity index (χ2n) is 11.1. The van der Waals surface area contributed by atoms with E-state index in [1.165, 1.54) is 12.1 Å². The van der Waals surface area contributed by atoms with Gasteiger partial charge in [-0.1, -0.05) is 6.07 Å². The minimum Gasteiger partial charge on any atom is -0.490 e. The van der Waals surface area contributed by atoms with E-state index in [9.17, 15) is 14.3 Å². The molecule has 1 aliphatic heterocycles. The number of aliphatic hydroxyl groups is 1. The minimum absolute atomic E-state index is 0.169. The number of rotatable bonds is 4. The van der Waals surface area contributed by atoms with Crippen molar-refractivity contribution in [3.63, 3.8) is 0 Å². The van der Waals surface area contributed by atoms with Crippen molar-refractivity contribution in [2.24, 2.45) is 0 Å². The molecule has 1 atom stereocenters. The summed E-state index contributed by atoms with van der Waals surface area (Å²) in [7, 11) is 5.50. The molecule has 8 heteroatoms. The number of carbonyl (C=O) groups is 1. The van der Waals surface area contributed by atoms with Crippen LogP contribution in [0.5, 0.6) is 5.75 Å². The Morgan fingerprint density at radius 3 is 2.46 bits per heavy atom. The van der Waals surface area contributed by atoms with E-state index in [0.29, 0.717) is 40.2 Å². The third-order valence-corrected chi connectivity index (χ3v) is 7.65. The monoisotopic (exact) mass is 553 g/mol. The van der Waals surface area contributed by atoms with Crippen molar-refractivity contribution >= 4 is 22.6 Å². The van der Waals surface area contributed by atoms with Crippen LogP contribution >= 0.6 is 0 Å². The standard InChI is InChI=1S/C33H32FN3O4/c1-19-6-12-26-24-14-21(9-13-28(24)40-18-33(2,39)17-37(19)26)23-15-25-29(16-27(23)36(4)5)41-31(30(25)32(38)35-3)20-7-10-22(34)11-8-20/h6-16,39H,17-18H2,1-5H3,(H,35,38). The Balaban J connectivity index is 1.58. The first-order valence-corrected chi connectivity index (χ1v) is 13.5. The first-order chi connectivity index (χ1) is 19.6. The van der Waals surface area contributed by atoms with Crippen molar-refractivity contribution in [3.8, 4) is 39.5 Å². The van der Waals surface area contributed by atoms with Crippen molar-refractivity contribution in [1.29, 1.82) is 0 Å². The van der Waals surface area contributed by atoms with Gasteiger partial charge >= 0.3 is 0 Å². The fourth-order valence-electron chi connectivity index (χ4n) is 5.55. The molecule has 41 heavy (non-hydrogen) atoms. The maximum Gasteiger partial charge on any atom is 0.255 e. The van der Waals surface area contributed by atoms with Gasteiger partial charge in [0.15, 0.2) is 0 Å². The number of fused-ring (bicyclic) bond motifs is 4. The number of carbonyl (C=O) groups excluding carboxylic acids is 1. The normalized spacial score (nSPS) is 16.4. The highest BCUT2D eigenvalue weighted by Gasteiger charge is 2.29. The van der Waals surface area contributed by atoms with Crippen LogP contribution in [0.3, 0.4) is 0 Å². The molecule has 1 aliphatic rings. The molecule has 0 saturated carbocycles. The molecule has 1 unspecified atom stereocenters. The van der Waals surface area contributed by atoms with E-state index in [1.54, 1.807) is 26.1 Å². The van der Waals surface area contributed by atoms with Crippen molar-refractivity contribution in [2.45, 2.75) is 26.0 Å². The molecule has 7 nitrogen and oxygen atoms in total. The average Bonchev–Trinajstić information content (AvgIpc) is 3.49. The zero-order valence-electron chi connectivity index (χ0n) is 23.7. The summed E-state index contributed by atoms with van der Waals surface area (Å²) in [6.45, 7) is 4.39. The van der Waals surface area contributed by atoms with Gasteiger partial charge in [0.1, 0.15) is 35.1 Å². The van der Waals surface area contributed by atoms with Gasteiger partial charge in [0, 0.05) is 60.7 Å². The minimum atomic E-state index is -1.02. The van der Waals surface area contributed by atoms with Crippen LogP contribution in [0.25, 0.3) is 44.7 Å². The molecule has 5 aromatic rings. The molecular formula is C33H32FN3O4. The molecule has 3 heterocycles. The second kappa shape index (κ2) is 9.82. The lowest BCUT2D eigenvalue weighted by atomic mass is 9.95. The Morgan fingerprint density at radius 1 is 1.02 bits per heavy atom. The first-order valence-electron chi connectivity index (χ1n) is 13.5. The highest BCUT2D eigenvalue weighted by Crippen LogP contribution is 2.43. The zero-order valence-corrected chi connectivity index (χ0v) is 23.7. The number of amides is 1. The van der Waals surface area contributed by atoms with Gasteiger partial charge in [-0.05, 0) is 74.0 Å². The molecule has 0 spiro atoms. The summed E-state index contributed by atoms with van der Waals surface area (Å²) in [5.74, 6) is 0.414. The summed E-state index contributed by atoms with van der Waals surface area (Å²) in [4.78, 5) is 15.2. The second-order valence-corrected chi connectivity index (χ2v) is 11.1. The Bertz CT molecular complexity index is 1800. The molecule has 3 aromatic carbocycles. The number of hydrogen-bond acceptors (Lipinski definition) is 5. The lowest BCUT2D eigenvalue weighted by Crippen LogP contribution is -2.38. The number of anilines is 1. The van der Waals surface area contributed by atoms with E-state index in [2.05, 4.69) is 16.0 Å². The highest BCUT2D eigenvalue weighted by molar-refractivity contribution is 6.13. The van der Waals surface area contributed by atoms with Crippen molar-refractivity contribution in [1.82, 2.24) is 9.88 Å². The van der Waals surface area contributed by atoms with Crippen molar-refractivity contribution < 1.29 is 23.4 Å². The summed E-state index contributed by atoms with van der Waals surface area (Å²) in [5, 5.41) is 14.3. The van der Waals surface area contributed by atoms with Crippen LogP contribution in [-0.2, 0) is 6.54 Å². The number of halogens is 1. The van der Waals surface area contributed by atoms with Gasteiger partial charge in [-0.15, -0.1) is 0 Å². The fraction of sp³-hybridized carbons (Fsp3) is 0.242. The Labute approximate surface area is 237 Å². The molecule has 0 fully saturated rings. The summed E-state index contributed by atoms with van der Waals surface area (Å²) in [6.07, 6.45) is 0. The van der Waals surface area contributed by atoms with Crippen molar-refractivity contribution in [2.75, 3.05) is 32.6 Å². The van der Waals surface area contributed by atoms with Crippen LogP contribution in [-0.4, -0.2) is 48.9 Å². The summed E-state index contributed by atoms with van der Waals surface area (Å²) >= 11 is 0. The SMILES string of the molecule is CNC(=O)c1c(-c2ccc(F)cc2)oc2cc(N(C)C)c(-c3ccc4c(c3)-c3ccc(C)n3CC(C)(O)CO4)cc12. The van der Waals surface area contributed by atoms with E-state index in [-0.39, 0.29) is 18.3 Å². The molecule has 2 N–H and O–H groups in total. The fourth-order valence-corrected chi connectivity index (χ4v) is 5.55. The molecular weight excluding hydrogens is 521 g/mol. The largest absolute Gasteiger partial charge is 0.490 e. The van der Waals surface area contributed by atoms with Crippen LogP contribution in [0.15, 0.2) is 71.1 Å². The number of aryl methyl sites for hydroxylation is 1. The van der Waals surface area contributed by atoms with Crippen LogP contribution < -0.4 is 15.0 Å². The van der Waals surface area contributed by atoms with Gasteiger partial charge in [0.2, 0.25) is 0 Å². The molecule has 2 aromatic heterocycles. The Morgan fingerprint density at radius 2 is 1.76 bits per heavy atom. The smallest absolute Gasteiger partial charge is 0.255 e. The topological polar surface area (TPSA) is 79.9 Å². The van der Waals surface area contributed by atoms with Gasteiger partial charge in [0.25, 0.3) is 5.91 Å². The number of nitrogens with one attached hydrogen (secondary N) is 1. The zero-order chi connectivity index (χ0) is 29.1. The number of nitrogens with zero attached hydrogens (tertiary/aromatic N) is 2. The maximum absolute atomic E-state index is 13.7. The summed E-state index contributed by atoms with van der Waals surface area (Å²) in [6, 6.07) is 19.9. The molecule has 0 bridgehead atoms. The van der Waals surface area contributed by atoms with Gasteiger partial charge < -0.3 is 29.0 Å². The lowest BCUT2D eigenvalue weighted by molar-refractivity contribution is -0.00418. The van der Waals surface area contributed by atoms with Crippen LogP contribution in [0.4, 0.5) is 10.1 Å². The quantitative estimate of drug-likeness (QED) is 0.275. The Hall–Kier alpha value is -4.56. The van der Waals surface area contributed by atoms with Crippen molar-refractivity contribution in [3.05, 3.63) is 83.8 Å². The third kappa shape index (κ3) is 4.64. The molecule has 0 radical (unpaired) electrons. The summed E-state index contributed by atoms with van der Waals surface area (Å²) < 4.78 is 28.2. The van der Waals surface area contributed by atoms with E-state index < -0.39 is 5.60 Å². The van der Waals surface area contributed by atoms with E-state index >= 15 is 0 Å². The molecule has 0 aliphatic carbocycles. The first kappa shape index (κ1) is 26.7. The highest BCUT2D eigenvalue weighted by atomic mass is 19.1. The molecule has 1 amide bonds. The van der Waals surface area contributed by atoms with E-state index in [0.717, 1.165) is 33.8 Å². The molecule has 0 saturated heterocycles. The van der Waals surface area contributed by atoms with Crippen LogP contribution in [0, 0.1) is 12.7 Å². The van der Waals surface area contributed by atoms with Gasteiger partial charge in [0.05, 0.1) is 17.8 Å². The van der Waals surface area contributed by atoms with Gasteiger partial charge in [-0.2, -0.15) is 0 Å². The van der Waals surface area contributed by atoms with Gasteiger partial charge in [-0.3, -0.25) is 4.79 Å². The maximum atomic E-state index is 13.7. The molecule has 210 valence electrons. The summed E-state index contributed by atoms with van der Waals surface area (Å²) in [5.41, 5.74) is 6.21. The third-order valence-electron chi connectivity index (χ3n) is 7.65. The number of ether oxygens (including phenoxy) is 1. The number of hydrogen-bond donors (Lipinski definition) is 2. The van der Waals surface area contributed by atoms with E-state index in [4.69, 9.17) is 9.15 Å². The predicted molar refractivity (Wildman–Crippen MR) is 159 cm³/mol. The van der Waals surface area contributed by atoms with Gasteiger partial charge in [-0.25, -0.2) is 4.39 Å². The number of aromatic nitrogens is 1. The number of benzene rings is 3. The Kier molecular flexibility index (Phi) is 6.38. The van der Waals surface area contributed by atoms with E-state index in [1.807, 2.05) is 62.3 Å². The lowest BCUT2D eigenvalue weighted by Gasteiger charge is -2.30. The molecule has 6 rings (SSSR count). The van der Waals surface area contributed by atoms with Crippen LogP contribution in [0.2, 0.25) is 0 Å².